The molecule has 1 heterocycles. The topological polar surface area (TPSA) is 32.1 Å². The minimum Gasteiger partial charge on any atom is -0.336 e. The molecule has 4 heteroatoms. The van der Waals surface area contributed by atoms with E-state index in [9.17, 15) is 4.79 Å². The Bertz CT molecular complexity index is 673. The molecule has 0 aromatic heterocycles. The summed E-state index contributed by atoms with van der Waals surface area (Å²) < 4.78 is 3.32. The zero-order chi connectivity index (χ0) is 15.4. The smallest absolute Gasteiger partial charge is 0.246 e. The number of amides is 1. The van der Waals surface area contributed by atoms with Crippen molar-refractivity contribution < 1.29 is 4.79 Å². The van der Waals surface area contributed by atoms with E-state index in [4.69, 9.17) is 0 Å². The van der Waals surface area contributed by atoms with Gasteiger partial charge in [0.25, 0.3) is 0 Å². The van der Waals surface area contributed by atoms with Crippen LogP contribution < -0.4 is 4.72 Å². The largest absolute Gasteiger partial charge is 0.336 e. The molecule has 0 saturated carbocycles. The molecular formula is C18H18N2OS. The van der Waals surface area contributed by atoms with Gasteiger partial charge < -0.3 is 9.62 Å². The average molecular weight is 310 g/mol. The minimum atomic E-state index is 0.0967. The van der Waals surface area contributed by atoms with Gasteiger partial charge >= 0.3 is 0 Å². The summed E-state index contributed by atoms with van der Waals surface area (Å²) in [7, 11) is 0. The van der Waals surface area contributed by atoms with Crippen LogP contribution in [0.3, 0.4) is 0 Å². The first-order valence-corrected chi connectivity index (χ1v) is 8.09. The third-order valence-corrected chi connectivity index (χ3v) is 4.24. The minimum absolute atomic E-state index is 0.0967. The molecule has 1 N–H and O–H groups in total. The van der Waals surface area contributed by atoms with Crippen LogP contribution in [0, 0.1) is 6.92 Å². The molecule has 0 aliphatic carbocycles. The van der Waals surface area contributed by atoms with Gasteiger partial charge in [0.1, 0.15) is 0 Å². The normalized spacial score (nSPS) is 13.4. The first-order chi connectivity index (χ1) is 10.7. The van der Waals surface area contributed by atoms with E-state index in [1.54, 1.807) is 22.9 Å². The summed E-state index contributed by atoms with van der Waals surface area (Å²) in [6.45, 7) is 3.86. The molecule has 1 aliphatic rings. The van der Waals surface area contributed by atoms with Crippen LogP contribution in [0.15, 0.2) is 59.5 Å². The van der Waals surface area contributed by atoms with E-state index < -0.39 is 0 Å². The summed E-state index contributed by atoms with van der Waals surface area (Å²) in [6.07, 6.45) is 3.50. The highest BCUT2D eigenvalue weighted by Gasteiger charge is 2.21. The van der Waals surface area contributed by atoms with E-state index >= 15 is 0 Å². The van der Waals surface area contributed by atoms with Crippen LogP contribution in [0.5, 0.6) is 0 Å². The Labute approximate surface area is 135 Å². The van der Waals surface area contributed by atoms with Crippen LogP contribution in [0.25, 0.3) is 6.08 Å². The fourth-order valence-corrected chi connectivity index (χ4v) is 2.57. The van der Waals surface area contributed by atoms with Crippen molar-refractivity contribution in [1.82, 2.24) is 4.90 Å². The zero-order valence-corrected chi connectivity index (χ0v) is 13.3. The van der Waals surface area contributed by atoms with Crippen molar-refractivity contribution >= 4 is 29.6 Å². The van der Waals surface area contributed by atoms with Crippen LogP contribution in [-0.4, -0.2) is 23.9 Å². The molecule has 3 rings (SSSR count). The molecule has 0 spiro atoms. The van der Waals surface area contributed by atoms with E-state index in [1.807, 2.05) is 30.3 Å². The Hall–Kier alpha value is -2.20. The lowest BCUT2D eigenvalue weighted by atomic mass is 10.2. The molecule has 2 aromatic carbocycles. The number of carbonyl (C=O) groups is 1. The second-order valence-corrected chi connectivity index (χ2v) is 6.18. The maximum Gasteiger partial charge on any atom is 0.246 e. The van der Waals surface area contributed by atoms with Crippen molar-refractivity contribution in [2.75, 3.05) is 17.8 Å². The number of benzene rings is 2. The summed E-state index contributed by atoms with van der Waals surface area (Å²) in [5.74, 6) is 0.0967. The summed E-state index contributed by atoms with van der Waals surface area (Å²) in [4.78, 5) is 14.5. The number of carbonyl (C=O) groups excluding carboxylic acids is 1. The fraction of sp³-hybridized carbons (Fsp3) is 0.167. The van der Waals surface area contributed by atoms with Gasteiger partial charge in [-0.05, 0) is 54.8 Å². The molecular weight excluding hydrogens is 292 g/mol. The maximum absolute atomic E-state index is 11.6. The van der Waals surface area contributed by atoms with Gasteiger partial charge in [-0.25, -0.2) is 0 Å². The number of rotatable bonds is 5. The van der Waals surface area contributed by atoms with Crippen molar-refractivity contribution in [1.29, 1.82) is 0 Å². The highest BCUT2D eigenvalue weighted by atomic mass is 32.2. The maximum atomic E-state index is 11.6. The Morgan fingerprint density at radius 2 is 1.77 bits per heavy atom. The molecule has 1 saturated heterocycles. The predicted octanol–water partition coefficient (Wildman–Crippen LogP) is 3.97. The number of aryl methyl sites for hydroxylation is 1. The summed E-state index contributed by atoms with van der Waals surface area (Å²) in [5.41, 5.74) is 3.38. The third-order valence-electron chi connectivity index (χ3n) is 3.40. The molecule has 2 aromatic rings. The van der Waals surface area contributed by atoms with E-state index in [0.717, 1.165) is 29.2 Å². The predicted molar refractivity (Wildman–Crippen MR) is 92.7 cm³/mol. The van der Waals surface area contributed by atoms with Gasteiger partial charge in [0.2, 0.25) is 5.91 Å². The first kappa shape index (κ1) is 14.7. The molecule has 112 valence electrons. The lowest BCUT2D eigenvalue weighted by molar-refractivity contribution is -0.120. The van der Waals surface area contributed by atoms with Crippen LogP contribution in [0.2, 0.25) is 0 Å². The fourth-order valence-electron chi connectivity index (χ4n) is 1.93. The number of hydrogen-bond acceptors (Lipinski definition) is 3. The lowest BCUT2D eigenvalue weighted by Gasteiger charge is -2.06. The van der Waals surface area contributed by atoms with Crippen LogP contribution in [0.1, 0.15) is 11.1 Å². The van der Waals surface area contributed by atoms with Crippen molar-refractivity contribution in [2.45, 2.75) is 11.8 Å². The van der Waals surface area contributed by atoms with Crippen LogP contribution >= 0.6 is 11.9 Å². The SMILES string of the molecule is Cc1ccc(NSc2ccc(/C=C/C(=O)N3CC3)cc2)cc1. The highest BCUT2D eigenvalue weighted by molar-refractivity contribution is 8.00. The van der Waals surface area contributed by atoms with Gasteiger partial charge in [-0.1, -0.05) is 29.8 Å². The standard InChI is InChI=1S/C18H18N2OS/c1-14-2-7-16(8-3-14)19-22-17-9-4-15(5-10-17)6-11-18(21)20-12-13-20/h2-11,19H,12-13H2,1H3/b11-6+. The molecule has 0 radical (unpaired) electrons. The molecule has 0 unspecified atom stereocenters. The number of nitrogens with zero attached hydrogens (tertiary/aromatic N) is 1. The summed E-state index contributed by atoms with van der Waals surface area (Å²) in [6, 6.07) is 16.4. The monoisotopic (exact) mass is 310 g/mol. The molecule has 0 atom stereocenters. The van der Waals surface area contributed by atoms with E-state index in [0.29, 0.717) is 0 Å². The Kier molecular flexibility index (Phi) is 4.49. The molecule has 22 heavy (non-hydrogen) atoms. The van der Waals surface area contributed by atoms with Crippen molar-refractivity contribution in [3.05, 3.63) is 65.7 Å². The summed E-state index contributed by atoms with van der Waals surface area (Å²) in [5, 5.41) is 0. The van der Waals surface area contributed by atoms with Gasteiger partial charge in [0.15, 0.2) is 0 Å². The number of anilines is 1. The zero-order valence-electron chi connectivity index (χ0n) is 12.5. The second kappa shape index (κ2) is 6.71. The number of hydrogen-bond donors (Lipinski definition) is 1. The van der Waals surface area contributed by atoms with Crippen molar-refractivity contribution in [2.24, 2.45) is 0 Å². The van der Waals surface area contributed by atoms with E-state index in [-0.39, 0.29) is 5.91 Å². The van der Waals surface area contributed by atoms with Gasteiger partial charge in [-0.3, -0.25) is 4.79 Å². The molecule has 3 nitrogen and oxygen atoms in total. The Morgan fingerprint density at radius 3 is 2.41 bits per heavy atom. The molecule has 0 bridgehead atoms. The van der Waals surface area contributed by atoms with Gasteiger partial charge in [-0.2, -0.15) is 0 Å². The van der Waals surface area contributed by atoms with Crippen molar-refractivity contribution in [3.63, 3.8) is 0 Å². The number of nitrogens with one attached hydrogen (secondary N) is 1. The third kappa shape index (κ3) is 4.15. The Morgan fingerprint density at radius 1 is 1.09 bits per heavy atom. The van der Waals surface area contributed by atoms with E-state index in [2.05, 4.69) is 35.9 Å². The van der Waals surface area contributed by atoms with Gasteiger partial charge in [-0.15, -0.1) is 0 Å². The van der Waals surface area contributed by atoms with Crippen molar-refractivity contribution in [3.8, 4) is 0 Å². The van der Waals surface area contributed by atoms with E-state index in [1.165, 1.54) is 5.56 Å². The second-order valence-electron chi connectivity index (χ2n) is 5.30. The van der Waals surface area contributed by atoms with Crippen LogP contribution in [-0.2, 0) is 4.79 Å². The molecule has 1 amide bonds. The molecule has 1 fully saturated rings. The van der Waals surface area contributed by atoms with Gasteiger partial charge in [0.05, 0.1) is 0 Å². The first-order valence-electron chi connectivity index (χ1n) is 7.27. The van der Waals surface area contributed by atoms with Gasteiger partial charge in [0, 0.05) is 29.7 Å². The summed E-state index contributed by atoms with van der Waals surface area (Å²) >= 11 is 1.58. The average Bonchev–Trinajstić information content (AvgIpc) is 3.38. The van der Waals surface area contributed by atoms with Crippen LogP contribution in [0.4, 0.5) is 5.69 Å². The lowest BCUT2D eigenvalue weighted by Crippen LogP contribution is -2.05. The highest BCUT2D eigenvalue weighted by Crippen LogP contribution is 2.22. The molecule has 1 aliphatic heterocycles. The Balaban J connectivity index is 1.54. The quantitative estimate of drug-likeness (QED) is 0.515.